The van der Waals surface area contributed by atoms with Crippen LogP contribution in [-0.2, 0) is 0 Å². The highest BCUT2D eigenvalue weighted by molar-refractivity contribution is 6.17. The van der Waals surface area contributed by atoms with Crippen LogP contribution >= 0.6 is 0 Å². The molecule has 0 aliphatic rings. The zero-order valence-electron chi connectivity index (χ0n) is 27.8. The van der Waals surface area contributed by atoms with Gasteiger partial charge in [0.25, 0.3) is 0 Å². The maximum Gasteiger partial charge on any atom is 0.135 e. The molecule has 10 rings (SSSR count). The third-order valence-corrected chi connectivity index (χ3v) is 9.96. The number of fused-ring (bicyclic) bond motifs is 6. The van der Waals surface area contributed by atoms with Crippen LogP contribution in [0.25, 0.3) is 71.7 Å². The number of rotatable bonds is 6. The van der Waals surface area contributed by atoms with Crippen molar-refractivity contribution in [3.05, 3.63) is 194 Å². The summed E-state index contributed by atoms with van der Waals surface area (Å²) in [6.07, 6.45) is 0. The molecule has 0 aliphatic heterocycles. The number of benzene rings is 8. The van der Waals surface area contributed by atoms with Crippen molar-refractivity contribution in [3.63, 3.8) is 0 Å². The average Bonchev–Trinajstić information content (AvgIpc) is 3.74. The van der Waals surface area contributed by atoms with Crippen LogP contribution < -0.4 is 4.90 Å². The second kappa shape index (κ2) is 11.9. The number of hydrogen-bond donors (Lipinski definition) is 0. The summed E-state index contributed by atoms with van der Waals surface area (Å²) >= 11 is 0. The van der Waals surface area contributed by atoms with Crippen LogP contribution in [0.4, 0.5) is 17.1 Å². The van der Waals surface area contributed by atoms with Crippen LogP contribution in [0.1, 0.15) is 0 Å². The molecule has 8 aromatic carbocycles. The van der Waals surface area contributed by atoms with Gasteiger partial charge in [0, 0.05) is 44.3 Å². The monoisotopic (exact) mass is 652 g/mol. The molecule has 0 bridgehead atoms. The first-order chi connectivity index (χ1) is 25.3. The Bertz CT molecular complexity index is 2850. The highest BCUT2D eigenvalue weighted by Crippen LogP contribution is 2.44. The summed E-state index contributed by atoms with van der Waals surface area (Å²) in [5.41, 5.74) is 13.3. The van der Waals surface area contributed by atoms with Gasteiger partial charge in [0.1, 0.15) is 11.2 Å². The average molecular weight is 653 g/mol. The summed E-state index contributed by atoms with van der Waals surface area (Å²) in [5.74, 6) is 0. The first kappa shape index (κ1) is 29.1. The van der Waals surface area contributed by atoms with Crippen LogP contribution in [0.5, 0.6) is 0 Å². The fourth-order valence-electron chi connectivity index (χ4n) is 7.67. The summed E-state index contributed by atoms with van der Waals surface area (Å²) < 4.78 is 8.62. The predicted octanol–water partition coefficient (Wildman–Crippen LogP) is 13.5. The lowest BCUT2D eigenvalue weighted by Crippen LogP contribution is -2.09. The SMILES string of the molecule is c1ccc(-c2cccc(-c3cccc4c3c3cc(N(c5ccccc5)c5ccc6oc7ccccc7c6c5)ccc3n4-c3ccccc3)c2)cc1. The van der Waals surface area contributed by atoms with Crippen molar-refractivity contribution >= 4 is 60.8 Å². The molecule has 51 heavy (non-hydrogen) atoms. The molecule has 2 heterocycles. The first-order valence-electron chi connectivity index (χ1n) is 17.4. The van der Waals surface area contributed by atoms with E-state index in [1.807, 2.05) is 12.1 Å². The summed E-state index contributed by atoms with van der Waals surface area (Å²) in [6, 6.07) is 69.2. The summed E-state index contributed by atoms with van der Waals surface area (Å²) in [6.45, 7) is 0. The standard InChI is InChI=1S/C48H32N2O/c1-4-14-33(15-5-1)34-16-12-17-35(30-34)40-23-13-24-45-48(40)43-32-38(26-28-44(43)50(45)37-20-8-3-9-21-37)49(36-18-6-2-7-19-36)39-27-29-47-42(31-39)41-22-10-11-25-46(41)51-47/h1-32H. The Morgan fingerprint density at radius 2 is 1.00 bits per heavy atom. The van der Waals surface area contributed by atoms with Gasteiger partial charge in [-0.3, -0.25) is 0 Å². The molecule has 0 amide bonds. The van der Waals surface area contributed by atoms with Gasteiger partial charge in [-0.1, -0.05) is 115 Å². The van der Waals surface area contributed by atoms with Crippen molar-refractivity contribution in [1.29, 1.82) is 0 Å². The molecule has 240 valence electrons. The van der Waals surface area contributed by atoms with E-state index < -0.39 is 0 Å². The third-order valence-electron chi connectivity index (χ3n) is 9.96. The van der Waals surface area contributed by atoms with E-state index in [1.165, 1.54) is 38.5 Å². The molecule has 3 nitrogen and oxygen atoms in total. The highest BCUT2D eigenvalue weighted by atomic mass is 16.3. The quantitative estimate of drug-likeness (QED) is 0.178. The number of anilines is 3. The van der Waals surface area contributed by atoms with E-state index in [0.717, 1.165) is 50.2 Å². The Kier molecular flexibility index (Phi) is 6.81. The largest absolute Gasteiger partial charge is 0.456 e. The Morgan fingerprint density at radius 1 is 0.373 bits per heavy atom. The number of furan rings is 1. The van der Waals surface area contributed by atoms with Gasteiger partial charge >= 0.3 is 0 Å². The molecular weight excluding hydrogens is 621 g/mol. The Labute approximate surface area is 295 Å². The Hall–Kier alpha value is -6.84. The second-order valence-electron chi connectivity index (χ2n) is 13.0. The molecule has 0 unspecified atom stereocenters. The molecule has 0 saturated carbocycles. The van der Waals surface area contributed by atoms with Crippen LogP contribution in [0.15, 0.2) is 199 Å². The highest BCUT2D eigenvalue weighted by Gasteiger charge is 2.20. The molecule has 0 aliphatic carbocycles. The van der Waals surface area contributed by atoms with Gasteiger partial charge < -0.3 is 13.9 Å². The van der Waals surface area contributed by atoms with E-state index >= 15 is 0 Å². The fraction of sp³-hybridized carbons (Fsp3) is 0. The van der Waals surface area contributed by atoms with E-state index in [1.54, 1.807) is 0 Å². The van der Waals surface area contributed by atoms with E-state index in [0.29, 0.717) is 0 Å². The number of para-hydroxylation sites is 3. The Balaban J connectivity index is 1.23. The summed E-state index contributed by atoms with van der Waals surface area (Å²) in [4.78, 5) is 2.35. The van der Waals surface area contributed by atoms with Crippen LogP contribution in [0, 0.1) is 0 Å². The normalized spacial score (nSPS) is 11.5. The van der Waals surface area contributed by atoms with Crippen molar-refractivity contribution in [1.82, 2.24) is 4.57 Å². The Morgan fingerprint density at radius 3 is 1.82 bits per heavy atom. The molecule has 0 saturated heterocycles. The van der Waals surface area contributed by atoms with Gasteiger partial charge in [-0.05, 0) is 101 Å². The van der Waals surface area contributed by atoms with Gasteiger partial charge in [0.05, 0.1) is 11.0 Å². The van der Waals surface area contributed by atoms with Gasteiger partial charge in [-0.15, -0.1) is 0 Å². The van der Waals surface area contributed by atoms with Crippen molar-refractivity contribution < 1.29 is 4.42 Å². The van der Waals surface area contributed by atoms with E-state index in [4.69, 9.17) is 4.42 Å². The molecule has 0 N–H and O–H groups in total. The lowest BCUT2D eigenvalue weighted by atomic mass is 9.96. The number of hydrogen-bond acceptors (Lipinski definition) is 2. The van der Waals surface area contributed by atoms with Gasteiger partial charge in [0.15, 0.2) is 0 Å². The maximum absolute atomic E-state index is 6.22. The molecule has 2 aromatic heterocycles. The smallest absolute Gasteiger partial charge is 0.135 e. The van der Waals surface area contributed by atoms with E-state index in [9.17, 15) is 0 Å². The first-order valence-corrected chi connectivity index (χ1v) is 17.4. The number of nitrogens with zero attached hydrogens (tertiary/aromatic N) is 2. The molecule has 0 radical (unpaired) electrons. The molecule has 0 fully saturated rings. The zero-order valence-corrected chi connectivity index (χ0v) is 27.8. The molecular formula is C48H32N2O. The van der Waals surface area contributed by atoms with Crippen LogP contribution in [0.3, 0.4) is 0 Å². The van der Waals surface area contributed by atoms with Gasteiger partial charge in [-0.25, -0.2) is 0 Å². The lowest BCUT2D eigenvalue weighted by Gasteiger charge is -2.25. The zero-order chi connectivity index (χ0) is 33.7. The predicted molar refractivity (Wildman–Crippen MR) is 214 cm³/mol. The van der Waals surface area contributed by atoms with Crippen LogP contribution in [0.2, 0.25) is 0 Å². The maximum atomic E-state index is 6.22. The van der Waals surface area contributed by atoms with E-state index in [-0.39, 0.29) is 0 Å². The van der Waals surface area contributed by atoms with Crippen molar-refractivity contribution in [3.8, 4) is 27.9 Å². The summed E-state index contributed by atoms with van der Waals surface area (Å²) in [5, 5.41) is 4.65. The van der Waals surface area contributed by atoms with Gasteiger partial charge in [-0.2, -0.15) is 0 Å². The topological polar surface area (TPSA) is 21.3 Å². The third kappa shape index (κ3) is 4.90. The lowest BCUT2D eigenvalue weighted by molar-refractivity contribution is 0.669. The molecule has 0 spiro atoms. The van der Waals surface area contributed by atoms with Crippen molar-refractivity contribution in [2.75, 3.05) is 4.90 Å². The molecule has 10 aromatic rings. The second-order valence-corrected chi connectivity index (χ2v) is 13.0. The fourth-order valence-corrected chi connectivity index (χ4v) is 7.67. The summed E-state index contributed by atoms with van der Waals surface area (Å²) in [7, 11) is 0. The minimum absolute atomic E-state index is 0.886. The van der Waals surface area contributed by atoms with Gasteiger partial charge in [0.2, 0.25) is 0 Å². The molecule has 0 atom stereocenters. The van der Waals surface area contributed by atoms with Crippen molar-refractivity contribution in [2.45, 2.75) is 0 Å². The van der Waals surface area contributed by atoms with E-state index in [2.05, 4.69) is 191 Å². The minimum atomic E-state index is 0.886. The number of aromatic nitrogens is 1. The molecule has 3 heteroatoms. The minimum Gasteiger partial charge on any atom is -0.456 e. The van der Waals surface area contributed by atoms with Crippen molar-refractivity contribution in [2.24, 2.45) is 0 Å². The van der Waals surface area contributed by atoms with Crippen LogP contribution in [-0.4, -0.2) is 4.57 Å².